The first-order valence-corrected chi connectivity index (χ1v) is 8.87. The van der Waals surface area contributed by atoms with E-state index in [1.54, 1.807) is 22.5 Å². The van der Waals surface area contributed by atoms with Crippen molar-refractivity contribution in [3.8, 4) is 11.8 Å². The molecule has 3 nitrogen and oxygen atoms in total. The minimum atomic E-state index is -0.391. The number of hydrogen-bond donors (Lipinski definition) is 0. The monoisotopic (exact) mass is 329 g/mol. The zero-order chi connectivity index (χ0) is 16.6. The second-order valence-corrected chi connectivity index (χ2v) is 7.83. The molecule has 0 radical (unpaired) electrons. The van der Waals surface area contributed by atoms with Crippen molar-refractivity contribution in [2.24, 2.45) is 0 Å². The second kappa shape index (κ2) is 6.37. The van der Waals surface area contributed by atoms with Crippen molar-refractivity contribution in [1.29, 1.82) is 5.26 Å². The zero-order valence-corrected chi connectivity index (χ0v) is 14.5. The van der Waals surface area contributed by atoms with Crippen LogP contribution in [-0.2, 0) is 12.8 Å². The van der Waals surface area contributed by atoms with Crippen molar-refractivity contribution in [1.82, 2.24) is 9.78 Å². The lowest BCUT2D eigenvalue weighted by atomic mass is 9.96. The molecule has 2 aromatic rings. The highest BCUT2D eigenvalue weighted by molar-refractivity contribution is 8.00. The number of hydrogen-bond acceptors (Lipinski definition) is 3. The van der Waals surface area contributed by atoms with E-state index >= 15 is 0 Å². The number of nitriles is 1. The molecule has 23 heavy (non-hydrogen) atoms. The van der Waals surface area contributed by atoms with Crippen LogP contribution in [0.4, 0.5) is 4.39 Å². The molecule has 0 atom stereocenters. The number of rotatable bonds is 3. The minimum absolute atomic E-state index is 0.326. The number of aromatic nitrogens is 2. The van der Waals surface area contributed by atoms with Crippen LogP contribution in [0.15, 0.2) is 17.0 Å². The Kier molecular flexibility index (Phi) is 4.45. The number of benzene rings is 1. The standard InChI is InChI=1S/C18H20FN3S/c1-11(2)23-18-9-17(15(19)8-13(18)10-20)22-12(3)14-6-4-5-7-16(14)21-22/h8-9,11H,4-7H2,1-3H3. The lowest BCUT2D eigenvalue weighted by Gasteiger charge is -2.12. The molecule has 120 valence electrons. The molecule has 0 spiro atoms. The molecule has 5 heteroatoms. The van der Waals surface area contributed by atoms with E-state index in [1.165, 1.54) is 18.1 Å². The Labute approximate surface area is 140 Å². The highest BCUT2D eigenvalue weighted by atomic mass is 32.2. The molecule has 0 saturated heterocycles. The number of halogens is 1. The van der Waals surface area contributed by atoms with Gasteiger partial charge in [-0.15, -0.1) is 11.8 Å². The fraction of sp³-hybridized carbons (Fsp3) is 0.444. The summed E-state index contributed by atoms with van der Waals surface area (Å²) in [6.45, 7) is 6.13. The van der Waals surface area contributed by atoms with E-state index in [2.05, 4.69) is 25.0 Å². The minimum Gasteiger partial charge on any atom is -0.235 e. The van der Waals surface area contributed by atoms with Gasteiger partial charge in [-0.1, -0.05) is 13.8 Å². The molecule has 1 aromatic carbocycles. The van der Waals surface area contributed by atoms with Gasteiger partial charge in [-0.25, -0.2) is 9.07 Å². The van der Waals surface area contributed by atoms with E-state index in [4.69, 9.17) is 0 Å². The maximum Gasteiger partial charge on any atom is 0.150 e. The summed E-state index contributed by atoms with van der Waals surface area (Å²) in [5.41, 5.74) is 4.20. The van der Waals surface area contributed by atoms with Gasteiger partial charge in [0.1, 0.15) is 17.6 Å². The molecule has 0 fully saturated rings. The summed E-state index contributed by atoms with van der Waals surface area (Å²) < 4.78 is 16.3. The maximum absolute atomic E-state index is 14.6. The van der Waals surface area contributed by atoms with Gasteiger partial charge in [-0.05, 0) is 50.3 Å². The van der Waals surface area contributed by atoms with Gasteiger partial charge in [0.25, 0.3) is 0 Å². The summed E-state index contributed by atoms with van der Waals surface area (Å²) in [5.74, 6) is -0.391. The van der Waals surface area contributed by atoms with E-state index in [0.29, 0.717) is 16.5 Å². The molecule has 1 aliphatic carbocycles. The SMILES string of the molecule is Cc1c2c(nn1-c1cc(SC(C)C)c(C#N)cc1F)CCCC2. The first-order valence-electron chi connectivity index (χ1n) is 7.99. The Bertz CT molecular complexity index is 787. The molecule has 0 N–H and O–H groups in total. The van der Waals surface area contributed by atoms with Crippen LogP contribution in [0.1, 0.15) is 49.2 Å². The van der Waals surface area contributed by atoms with E-state index in [0.717, 1.165) is 35.5 Å². The van der Waals surface area contributed by atoms with Crippen molar-refractivity contribution in [2.75, 3.05) is 0 Å². The van der Waals surface area contributed by atoms with Gasteiger partial charge in [0.2, 0.25) is 0 Å². The molecule has 1 aliphatic rings. The Morgan fingerprint density at radius 2 is 2.04 bits per heavy atom. The van der Waals surface area contributed by atoms with Crippen LogP contribution in [0.25, 0.3) is 5.69 Å². The highest BCUT2D eigenvalue weighted by Crippen LogP contribution is 2.32. The van der Waals surface area contributed by atoms with Gasteiger partial charge in [0.05, 0.1) is 11.3 Å². The molecule has 1 aromatic heterocycles. The van der Waals surface area contributed by atoms with Crippen LogP contribution in [0.2, 0.25) is 0 Å². The van der Waals surface area contributed by atoms with Crippen LogP contribution >= 0.6 is 11.8 Å². The van der Waals surface area contributed by atoms with E-state index < -0.39 is 5.82 Å². The van der Waals surface area contributed by atoms with Gasteiger partial charge < -0.3 is 0 Å². The van der Waals surface area contributed by atoms with Crippen molar-refractivity contribution in [3.05, 3.63) is 40.5 Å². The maximum atomic E-state index is 14.6. The summed E-state index contributed by atoms with van der Waals surface area (Å²) in [6.07, 6.45) is 4.30. The van der Waals surface area contributed by atoms with E-state index in [9.17, 15) is 9.65 Å². The Balaban J connectivity index is 2.13. The van der Waals surface area contributed by atoms with Gasteiger partial charge in [0, 0.05) is 15.8 Å². The summed E-state index contributed by atoms with van der Waals surface area (Å²) in [5, 5.41) is 14.2. The second-order valence-electron chi connectivity index (χ2n) is 6.21. The lowest BCUT2D eigenvalue weighted by molar-refractivity contribution is 0.604. The molecule has 0 unspecified atom stereocenters. The van der Waals surface area contributed by atoms with Crippen LogP contribution in [-0.4, -0.2) is 15.0 Å². The summed E-state index contributed by atoms with van der Waals surface area (Å²) in [7, 11) is 0. The summed E-state index contributed by atoms with van der Waals surface area (Å²) in [6, 6.07) is 5.19. The fourth-order valence-corrected chi connectivity index (χ4v) is 4.01. The van der Waals surface area contributed by atoms with Crippen molar-refractivity contribution >= 4 is 11.8 Å². The molecule has 0 saturated carbocycles. The number of thioether (sulfide) groups is 1. The van der Waals surface area contributed by atoms with Crippen molar-refractivity contribution in [2.45, 2.75) is 56.6 Å². The smallest absolute Gasteiger partial charge is 0.150 e. The Hall–Kier alpha value is -1.80. The number of fused-ring (bicyclic) bond motifs is 1. The van der Waals surface area contributed by atoms with E-state index in [1.807, 2.05) is 6.92 Å². The normalized spacial score (nSPS) is 13.9. The first-order chi connectivity index (χ1) is 11.0. The topological polar surface area (TPSA) is 41.6 Å². The third kappa shape index (κ3) is 3.00. The fourth-order valence-electron chi connectivity index (χ4n) is 3.09. The number of nitrogens with zero attached hydrogens (tertiary/aromatic N) is 3. The molecule has 0 aliphatic heterocycles. The van der Waals surface area contributed by atoms with E-state index in [-0.39, 0.29) is 0 Å². The Morgan fingerprint density at radius 3 is 2.70 bits per heavy atom. The van der Waals surface area contributed by atoms with Gasteiger partial charge in [-0.3, -0.25) is 0 Å². The molecule has 0 amide bonds. The first kappa shape index (κ1) is 16.1. The third-order valence-electron chi connectivity index (χ3n) is 4.17. The average molecular weight is 329 g/mol. The summed E-state index contributed by atoms with van der Waals surface area (Å²) >= 11 is 1.58. The van der Waals surface area contributed by atoms with Crippen LogP contribution < -0.4 is 0 Å². The van der Waals surface area contributed by atoms with Gasteiger partial charge in [-0.2, -0.15) is 10.4 Å². The predicted molar refractivity (Wildman–Crippen MR) is 90.6 cm³/mol. The van der Waals surface area contributed by atoms with Gasteiger partial charge >= 0.3 is 0 Å². The van der Waals surface area contributed by atoms with Crippen molar-refractivity contribution < 1.29 is 4.39 Å². The largest absolute Gasteiger partial charge is 0.235 e. The Morgan fingerprint density at radius 1 is 1.30 bits per heavy atom. The van der Waals surface area contributed by atoms with Crippen molar-refractivity contribution in [3.63, 3.8) is 0 Å². The molecular formula is C18H20FN3S. The van der Waals surface area contributed by atoms with Crippen LogP contribution in [0.3, 0.4) is 0 Å². The molecule has 1 heterocycles. The highest BCUT2D eigenvalue weighted by Gasteiger charge is 2.21. The zero-order valence-electron chi connectivity index (χ0n) is 13.7. The predicted octanol–water partition coefficient (Wildman–Crippen LogP) is 4.57. The molecule has 3 rings (SSSR count). The number of aryl methyl sites for hydroxylation is 1. The van der Waals surface area contributed by atoms with Gasteiger partial charge in [0.15, 0.2) is 0 Å². The molecular weight excluding hydrogens is 309 g/mol. The quantitative estimate of drug-likeness (QED) is 0.775. The average Bonchev–Trinajstić information content (AvgIpc) is 2.85. The molecule has 0 bridgehead atoms. The van der Waals surface area contributed by atoms with Crippen LogP contribution in [0.5, 0.6) is 0 Å². The summed E-state index contributed by atoms with van der Waals surface area (Å²) in [4.78, 5) is 0.812. The van der Waals surface area contributed by atoms with Crippen LogP contribution in [0, 0.1) is 24.1 Å². The lowest BCUT2D eigenvalue weighted by Crippen LogP contribution is -2.04. The third-order valence-corrected chi connectivity index (χ3v) is 5.24.